The first-order valence-electron chi connectivity index (χ1n) is 9.47. The number of esters is 1. The molecule has 0 aromatic heterocycles. The van der Waals surface area contributed by atoms with Crippen molar-refractivity contribution in [1.29, 1.82) is 0 Å². The number of nitrogens with one attached hydrogen (secondary N) is 1. The maximum Gasteiger partial charge on any atom is 0.344 e. The van der Waals surface area contributed by atoms with Gasteiger partial charge in [0.1, 0.15) is 17.9 Å². The lowest BCUT2D eigenvalue weighted by Gasteiger charge is -2.39. The molecule has 1 amide bonds. The van der Waals surface area contributed by atoms with Crippen LogP contribution in [0.5, 0.6) is 5.75 Å². The van der Waals surface area contributed by atoms with Gasteiger partial charge in [-0.25, -0.2) is 4.79 Å². The van der Waals surface area contributed by atoms with Crippen molar-refractivity contribution in [3.05, 3.63) is 54.1 Å². The monoisotopic (exact) mass is 382 g/mol. The van der Waals surface area contributed by atoms with Crippen molar-refractivity contribution in [2.24, 2.45) is 0 Å². The number of carbonyl (C=O) groups excluding carboxylic acids is 2. The van der Waals surface area contributed by atoms with E-state index in [0.717, 1.165) is 17.8 Å². The molecule has 148 valence electrons. The number of fused-ring (bicyclic) bond motifs is 1. The maximum absolute atomic E-state index is 12.7. The Balaban J connectivity index is 1.52. The minimum atomic E-state index is -0.716. The average molecular weight is 382 g/mol. The summed E-state index contributed by atoms with van der Waals surface area (Å²) >= 11 is 0. The van der Waals surface area contributed by atoms with E-state index in [1.807, 2.05) is 62.4 Å². The molecule has 1 N–H and O–H groups in total. The van der Waals surface area contributed by atoms with E-state index in [2.05, 4.69) is 12.2 Å². The second-order valence-corrected chi connectivity index (χ2v) is 7.23. The minimum Gasteiger partial charge on any atom is -0.482 e. The van der Waals surface area contributed by atoms with Crippen molar-refractivity contribution in [2.75, 3.05) is 30.0 Å². The molecule has 0 aliphatic carbocycles. The van der Waals surface area contributed by atoms with Crippen LogP contribution in [0, 0.1) is 0 Å². The van der Waals surface area contributed by atoms with Crippen LogP contribution in [-0.2, 0) is 20.7 Å². The summed E-state index contributed by atoms with van der Waals surface area (Å²) in [5.41, 5.74) is 2.16. The Labute approximate surface area is 165 Å². The van der Waals surface area contributed by atoms with Crippen molar-refractivity contribution < 1.29 is 19.1 Å². The summed E-state index contributed by atoms with van der Waals surface area (Å²) in [6.45, 7) is 5.98. The van der Waals surface area contributed by atoms with E-state index in [9.17, 15) is 9.59 Å². The number of hydrogen-bond donors (Lipinski definition) is 1. The molecule has 28 heavy (non-hydrogen) atoms. The molecule has 0 saturated carbocycles. The van der Waals surface area contributed by atoms with E-state index in [0.29, 0.717) is 5.75 Å². The number of ether oxygens (including phenoxy) is 2. The highest BCUT2D eigenvalue weighted by atomic mass is 16.6. The summed E-state index contributed by atoms with van der Waals surface area (Å²) in [6, 6.07) is 15.2. The quantitative estimate of drug-likeness (QED) is 0.744. The summed E-state index contributed by atoms with van der Waals surface area (Å²) in [4.78, 5) is 26.4. The number of amides is 1. The van der Waals surface area contributed by atoms with E-state index in [1.165, 1.54) is 5.56 Å². The van der Waals surface area contributed by atoms with E-state index < -0.39 is 11.5 Å². The van der Waals surface area contributed by atoms with E-state index in [1.54, 1.807) is 4.90 Å². The Morgan fingerprint density at radius 3 is 2.54 bits per heavy atom. The second kappa shape index (κ2) is 8.33. The van der Waals surface area contributed by atoms with Crippen LogP contribution < -0.4 is 15.0 Å². The Morgan fingerprint density at radius 2 is 1.82 bits per heavy atom. The van der Waals surface area contributed by atoms with Gasteiger partial charge in [0.15, 0.2) is 6.61 Å². The Hall–Kier alpha value is -3.02. The van der Waals surface area contributed by atoms with Crippen molar-refractivity contribution in [2.45, 2.75) is 32.7 Å². The van der Waals surface area contributed by atoms with Crippen molar-refractivity contribution in [1.82, 2.24) is 0 Å². The van der Waals surface area contributed by atoms with Crippen molar-refractivity contribution in [3.63, 3.8) is 0 Å². The molecule has 0 spiro atoms. The Bertz CT molecular complexity index is 846. The summed E-state index contributed by atoms with van der Waals surface area (Å²) in [6.07, 6.45) is 0.951. The topological polar surface area (TPSA) is 67.9 Å². The first-order chi connectivity index (χ1) is 13.4. The first kappa shape index (κ1) is 19.7. The fourth-order valence-corrected chi connectivity index (χ4v) is 3.13. The van der Waals surface area contributed by atoms with E-state index in [4.69, 9.17) is 9.47 Å². The molecular formula is C22H26N2O4. The molecule has 0 atom stereocenters. The third-order valence-electron chi connectivity index (χ3n) is 4.69. The standard InChI is InChI=1S/C22H26N2O4/c1-4-16-9-11-17(12-10-16)28-15-20(25)27-14-13-24-19-8-6-5-7-18(19)23-22(2,3)21(24)26/h5-12,23H,4,13-15H2,1-3H3. The molecule has 1 aliphatic rings. The molecule has 3 rings (SSSR count). The van der Waals surface area contributed by atoms with Gasteiger partial charge >= 0.3 is 5.97 Å². The van der Waals surface area contributed by atoms with Crippen LogP contribution in [0.25, 0.3) is 0 Å². The number of benzene rings is 2. The molecule has 0 bridgehead atoms. The van der Waals surface area contributed by atoms with Gasteiger partial charge in [0.2, 0.25) is 0 Å². The number of anilines is 2. The fraction of sp³-hybridized carbons (Fsp3) is 0.364. The molecule has 0 saturated heterocycles. The lowest BCUT2D eigenvalue weighted by atomic mass is 9.98. The summed E-state index contributed by atoms with van der Waals surface area (Å²) in [5, 5.41) is 3.24. The zero-order chi connectivity index (χ0) is 20.1. The van der Waals surface area contributed by atoms with Crippen LogP contribution in [0.2, 0.25) is 0 Å². The van der Waals surface area contributed by atoms with Crippen molar-refractivity contribution in [3.8, 4) is 5.75 Å². The highest BCUT2D eigenvalue weighted by Crippen LogP contribution is 2.34. The second-order valence-electron chi connectivity index (χ2n) is 7.23. The molecule has 1 aliphatic heterocycles. The molecule has 0 fully saturated rings. The highest BCUT2D eigenvalue weighted by molar-refractivity contribution is 6.07. The number of nitrogens with zero attached hydrogens (tertiary/aromatic N) is 1. The van der Waals surface area contributed by atoms with Crippen LogP contribution >= 0.6 is 0 Å². The fourth-order valence-electron chi connectivity index (χ4n) is 3.13. The van der Waals surface area contributed by atoms with Gasteiger partial charge in [0.25, 0.3) is 5.91 Å². The maximum atomic E-state index is 12.7. The summed E-state index contributed by atoms with van der Waals surface area (Å²) < 4.78 is 10.7. The van der Waals surface area contributed by atoms with E-state index >= 15 is 0 Å². The summed E-state index contributed by atoms with van der Waals surface area (Å²) in [5.74, 6) is 0.103. The van der Waals surface area contributed by atoms with Crippen LogP contribution in [-0.4, -0.2) is 37.2 Å². The zero-order valence-electron chi connectivity index (χ0n) is 16.5. The molecule has 0 radical (unpaired) electrons. The average Bonchev–Trinajstić information content (AvgIpc) is 2.69. The smallest absolute Gasteiger partial charge is 0.344 e. The molecule has 6 heteroatoms. The van der Waals surface area contributed by atoms with Gasteiger partial charge in [-0.1, -0.05) is 31.2 Å². The first-order valence-corrected chi connectivity index (χ1v) is 9.47. The Morgan fingerprint density at radius 1 is 1.11 bits per heavy atom. The van der Waals surface area contributed by atoms with Crippen LogP contribution in [0.4, 0.5) is 11.4 Å². The minimum absolute atomic E-state index is 0.0606. The molecule has 2 aromatic carbocycles. The molecule has 6 nitrogen and oxygen atoms in total. The van der Waals surface area contributed by atoms with E-state index in [-0.39, 0.29) is 25.7 Å². The Kier molecular flexibility index (Phi) is 5.87. The van der Waals surface area contributed by atoms with Gasteiger partial charge in [-0.2, -0.15) is 0 Å². The van der Waals surface area contributed by atoms with Gasteiger partial charge in [-0.3, -0.25) is 4.79 Å². The summed E-state index contributed by atoms with van der Waals surface area (Å²) in [7, 11) is 0. The lowest BCUT2D eigenvalue weighted by molar-refractivity contribution is -0.146. The number of para-hydroxylation sites is 2. The van der Waals surface area contributed by atoms with Crippen LogP contribution in [0.15, 0.2) is 48.5 Å². The number of carbonyl (C=O) groups is 2. The van der Waals surface area contributed by atoms with Crippen LogP contribution in [0.3, 0.4) is 0 Å². The third kappa shape index (κ3) is 4.44. The van der Waals surface area contributed by atoms with Gasteiger partial charge in [0.05, 0.1) is 17.9 Å². The van der Waals surface area contributed by atoms with Crippen molar-refractivity contribution >= 4 is 23.3 Å². The van der Waals surface area contributed by atoms with Gasteiger partial charge < -0.3 is 19.7 Å². The normalized spacial score (nSPS) is 14.8. The number of hydrogen-bond acceptors (Lipinski definition) is 5. The predicted molar refractivity (Wildman–Crippen MR) is 109 cm³/mol. The van der Waals surface area contributed by atoms with Crippen LogP contribution in [0.1, 0.15) is 26.3 Å². The number of rotatable bonds is 7. The predicted octanol–water partition coefficient (Wildman–Crippen LogP) is 3.41. The zero-order valence-corrected chi connectivity index (χ0v) is 16.5. The molecule has 1 heterocycles. The lowest BCUT2D eigenvalue weighted by Crippen LogP contribution is -2.54. The highest BCUT2D eigenvalue weighted by Gasteiger charge is 2.38. The number of aryl methyl sites for hydroxylation is 1. The van der Waals surface area contributed by atoms with Gasteiger partial charge in [-0.15, -0.1) is 0 Å². The van der Waals surface area contributed by atoms with Gasteiger partial charge in [-0.05, 0) is 50.1 Å². The molecular weight excluding hydrogens is 356 g/mol. The SMILES string of the molecule is CCc1ccc(OCC(=O)OCCN2C(=O)C(C)(C)Nc3ccccc32)cc1. The molecule has 2 aromatic rings. The van der Waals surface area contributed by atoms with Gasteiger partial charge in [0, 0.05) is 0 Å². The largest absolute Gasteiger partial charge is 0.482 e. The third-order valence-corrected chi connectivity index (χ3v) is 4.69. The molecule has 0 unspecified atom stereocenters.